The molecule has 0 radical (unpaired) electrons. The van der Waals surface area contributed by atoms with Gasteiger partial charge < -0.3 is 30.3 Å². The lowest BCUT2D eigenvalue weighted by atomic mass is 9.87. The second-order valence-corrected chi connectivity index (χ2v) is 13.2. The van der Waals surface area contributed by atoms with Gasteiger partial charge in [0.15, 0.2) is 0 Å². The number of benzene rings is 2. The molecule has 1 saturated heterocycles. The Labute approximate surface area is 285 Å². The number of hydrogen-bond donors (Lipinski definition) is 4. The number of nitrogens with one attached hydrogen (secondary N) is 1. The third-order valence-corrected chi connectivity index (χ3v) is 9.40. The number of likely N-dealkylation sites (tertiary alicyclic amines) is 1. The normalized spacial score (nSPS) is 15.1. The number of unbranched alkanes of at least 4 members (excludes halogenated alkanes) is 5. The number of halogens is 1. The van der Waals surface area contributed by atoms with Crippen molar-refractivity contribution in [2.75, 3.05) is 26.2 Å². The van der Waals surface area contributed by atoms with E-state index in [1.54, 1.807) is 23.5 Å². The minimum Gasteiger partial charge on any atom is -0.493 e. The molecule has 10 nitrogen and oxygen atoms in total. The van der Waals surface area contributed by atoms with Gasteiger partial charge in [-0.3, -0.25) is 4.79 Å². The fourth-order valence-corrected chi connectivity index (χ4v) is 6.67. The van der Waals surface area contributed by atoms with Crippen LogP contribution in [-0.2, 0) is 20.9 Å². The summed E-state index contributed by atoms with van der Waals surface area (Å²) < 4.78 is 20.6. The first-order valence-electron chi connectivity index (χ1n) is 16.7. The van der Waals surface area contributed by atoms with Gasteiger partial charge in [0.25, 0.3) is 0 Å². The number of para-hydroxylation sites is 1. The van der Waals surface area contributed by atoms with Crippen LogP contribution in [0.25, 0.3) is 10.2 Å². The summed E-state index contributed by atoms with van der Waals surface area (Å²) in [5.41, 5.74) is 1.06. The molecular formula is C36H48FN3O7S. The highest BCUT2D eigenvalue weighted by Crippen LogP contribution is 2.26. The molecule has 4 N–H and O–H groups in total. The number of aliphatic carboxylic acids is 3. The van der Waals surface area contributed by atoms with E-state index in [1.807, 2.05) is 12.1 Å². The fourth-order valence-electron chi connectivity index (χ4n) is 5.76. The Morgan fingerprint density at radius 1 is 0.979 bits per heavy atom. The van der Waals surface area contributed by atoms with Gasteiger partial charge in [-0.1, -0.05) is 57.6 Å². The highest BCUT2D eigenvalue weighted by Gasteiger charge is 2.31. The highest BCUT2D eigenvalue weighted by molar-refractivity contribution is 7.18. The van der Waals surface area contributed by atoms with E-state index in [1.165, 1.54) is 36.1 Å². The molecule has 1 aliphatic heterocycles. The second kappa shape index (κ2) is 21.2. The molecule has 0 amide bonds. The van der Waals surface area contributed by atoms with E-state index in [9.17, 15) is 23.9 Å². The Bertz CT molecular complexity index is 1390. The molecule has 2 aromatic carbocycles. The minimum atomic E-state index is -1.26. The predicted octanol–water partition coefficient (Wildman–Crippen LogP) is 6.85. The van der Waals surface area contributed by atoms with E-state index >= 15 is 0 Å². The molecule has 1 aliphatic rings. The van der Waals surface area contributed by atoms with Crippen LogP contribution in [0.15, 0.2) is 60.7 Å². The molecule has 0 bridgehead atoms. The Balaban J connectivity index is 0.000000694. The molecule has 262 valence electrons. The van der Waals surface area contributed by atoms with Gasteiger partial charge in [-0.15, -0.1) is 11.3 Å². The van der Waals surface area contributed by atoms with Crippen LogP contribution in [0.3, 0.4) is 0 Å². The molecule has 3 aromatic rings. The maximum absolute atomic E-state index is 13.4. The quantitative estimate of drug-likeness (QED) is 0.0780. The van der Waals surface area contributed by atoms with Gasteiger partial charge in [0.1, 0.15) is 16.6 Å². The van der Waals surface area contributed by atoms with Crippen LogP contribution in [0.2, 0.25) is 0 Å². The average molecular weight is 686 g/mol. The summed E-state index contributed by atoms with van der Waals surface area (Å²) in [6, 6.07) is 14.6. The van der Waals surface area contributed by atoms with Crippen LogP contribution in [-0.4, -0.2) is 75.4 Å². The van der Waals surface area contributed by atoms with Crippen molar-refractivity contribution in [3.63, 3.8) is 0 Å². The zero-order chi connectivity index (χ0) is 34.7. The molecule has 2 unspecified atom stereocenters. The molecule has 0 spiro atoms. The number of rotatable bonds is 19. The molecule has 1 aromatic heterocycles. The number of aromatic nitrogens is 1. The number of ether oxygens (including phenoxy) is 1. The third-order valence-electron chi connectivity index (χ3n) is 8.36. The summed E-state index contributed by atoms with van der Waals surface area (Å²) in [6.45, 7) is 5.83. The number of carbonyl (C=O) groups is 3. The molecule has 12 heteroatoms. The first-order chi connectivity index (χ1) is 23.1. The molecule has 0 aliphatic carbocycles. The zero-order valence-corrected chi connectivity index (χ0v) is 28.4. The smallest absolute Gasteiger partial charge is 0.328 e. The van der Waals surface area contributed by atoms with Crippen molar-refractivity contribution < 1.29 is 38.8 Å². The van der Waals surface area contributed by atoms with Crippen LogP contribution in [0.1, 0.15) is 69.7 Å². The number of thiazole rings is 1. The van der Waals surface area contributed by atoms with Crippen molar-refractivity contribution in [1.82, 2.24) is 15.2 Å². The molecule has 1 fully saturated rings. The monoisotopic (exact) mass is 685 g/mol. The summed E-state index contributed by atoms with van der Waals surface area (Å²) in [6.07, 6.45) is 10.6. The van der Waals surface area contributed by atoms with Crippen LogP contribution in [0, 0.1) is 17.7 Å². The second-order valence-electron chi connectivity index (χ2n) is 12.1. The average Bonchev–Trinajstić information content (AvgIpc) is 3.49. The Morgan fingerprint density at radius 2 is 1.62 bits per heavy atom. The molecule has 2 heterocycles. The third kappa shape index (κ3) is 14.5. The molecule has 0 saturated carbocycles. The van der Waals surface area contributed by atoms with Crippen molar-refractivity contribution in [2.45, 2.75) is 77.3 Å². The number of fused-ring (bicyclic) bond motifs is 1. The molecule has 2 atom stereocenters. The van der Waals surface area contributed by atoms with Crippen molar-refractivity contribution in [3.8, 4) is 5.75 Å². The van der Waals surface area contributed by atoms with E-state index in [0.29, 0.717) is 43.5 Å². The van der Waals surface area contributed by atoms with Gasteiger partial charge in [-0.05, 0) is 68.8 Å². The fraction of sp³-hybridized carbons (Fsp3) is 0.500. The van der Waals surface area contributed by atoms with Gasteiger partial charge in [0, 0.05) is 37.2 Å². The van der Waals surface area contributed by atoms with Crippen LogP contribution >= 0.6 is 11.3 Å². The molecule has 48 heavy (non-hydrogen) atoms. The number of hydrogen-bond acceptors (Lipinski definition) is 8. The summed E-state index contributed by atoms with van der Waals surface area (Å²) in [5.74, 6) is -3.58. The number of nitrogens with zero attached hydrogens (tertiary/aromatic N) is 2. The topological polar surface area (TPSA) is 149 Å². The van der Waals surface area contributed by atoms with Crippen LogP contribution in [0.4, 0.5) is 4.39 Å². The lowest BCUT2D eigenvalue weighted by Crippen LogP contribution is -2.46. The lowest BCUT2D eigenvalue weighted by molar-refractivity contribution is -0.145. The van der Waals surface area contributed by atoms with Gasteiger partial charge in [0.05, 0.1) is 22.7 Å². The Hall–Kier alpha value is -3.87. The van der Waals surface area contributed by atoms with E-state index in [-0.39, 0.29) is 11.7 Å². The van der Waals surface area contributed by atoms with Gasteiger partial charge >= 0.3 is 17.9 Å². The summed E-state index contributed by atoms with van der Waals surface area (Å²) in [4.78, 5) is 38.6. The number of carboxylic acids is 3. The number of carboxylic acid groups (broad SMARTS) is 3. The highest BCUT2D eigenvalue weighted by atomic mass is 32.1. The van der Waals surface area contributed by atoms with Crippen LogP contribution < -0.4 is 10.1 Å². The van der Waals surface area contributed by atoms with E-state index < -0.39 is 23.8 Å². The summed E-state index contributed by atoms with van der Waals surface area (Å²) in [7, 11) is 0. The first-order valence-corrected chi connectivity index (χ1v) is 17.5. The van der Waals surface area contributed by atoms with Crippen molar-refractivity contribution in [3.05, 3.63) is 71.5 Å². The Morgan fingerprint density at radius 3 is 2.25 bits per heavy atom. The van der Waals surface area contributed by atoms with E-state index in [2.05, 4.69) is 29.3 Å². The van der Waals surface area contributed by atoms with E-state index in [0.717, 1.165) is 62.3 Å². The van der Waals surface area contributed by atoms with Crippen molar-refractivity contribution in [1.29, 1.82) is 0 Å². The summed E-state index contributed by atoms with van der Waals surface area (Å²) >= 11 is 1.74. The Kier molecular flexibility index (Phi) is 17.0. The van der Waals surface area contributed by atoms with Gasteiger partial charge in [-0.25, -0.2) is 19.0 Å². The van der Waals surface area contributed by atoms with Gasteiger partial charge in [-0.2, -0.15) is 0 Å². The predicted molar refractivity (Wildman–Crippen MR) is 185 cm³/mol. The maximum Gasteiger partial charge on any atom is 0.328 e. The van der Waals surface area contributed by atoms with Gasteiger partial charge in [0.2, 0.25) is 0 Å². The standard InChI is InChI=1S/C32H44FN3O3S.C4H4O4/c1-2-3-4-5-6-7-10-28(32(37)38)24(23-39-27-15-13-25(33)14-16-27)22-36-19-17-26(18-20-36)34-21-31-35-29-11-8-9-12-30(29)40-31;5-3(6)1-2-4(7)8/h8-9,11-16,24,26,28,34H,2-7,10,17-23H2,1H3,(H,37,38);1-2H,(H,5,6)(H,7,8). The minimum absolute atomic E-state index is 0.134. The largest absolute Gasteiger partial charge is 0.493 e. The van der Waals surface area contributed by atoms with Crippen molar-refractivity contribution in [2.24, 2.45) is 11.8 Å². The number of piperidine rings is 1. The van der Waals surface area contributed by atoms with Crippen molar-refractivity contribution >= 4 is 39.5 Å². The zero-order valence-electron chi connectivity index (χ0n) is 27.6. The first kappa shape index (κ1) is 38.6. The molecular weight excluding hydrogens is 637 g/mol. The SMILES string of the molecule is CCCCCCCCC(C(=O)O)C(COc1ccc(F)cc1)CN1CCC(NCc2nc3ccccc3s2)CC1.O=C(O)C=CC(=O)O. The van der Waals surface area contributed by atoms with Crippen LogP contribution in [0.5, 0.6) is 5.75 Å². The van der Waals surface area contributed by atoms with E-state index in [4.69, 9.17) is 19.9 Å². The molecule has 4 rings (SSSR count). The maximum atomic E-state index is 13.4. The summed E-state index contributed by atoms with van der Waals surface area (Å²) in [5, 5.41) is 30.6. The lowest BCUT2D eigenvalue weighted by Gasteiger charge is -2.36.